The van der Waals surface area contributed by atoms with E-state index in [1.165, 1.54) is 24.3 Å². The van der Waals surface area contributed by atoms with E-state index in [2.05, 4.69) is 4.98 Å². The summed E-state index contributed by atoms with van der Waals surface area (Å²) in [7, 11) is -3.43. The maximum absolute atomic E-state index is 12.2. The van der Waals surface area contributed by atoms with Crippen molar-refractivity contribution in [1.29, 1.82) is 10.5 Å². The van der Waals surface area contributed by atoms with Crippen LogP contribution in [-0.4, -0.2) is 23.7 Å². The summed E-state index contributed by atoms with van der Waals surface area (Å²) in [6, 6.07) is 9.74. The molecule has 0 saturated heterocycles. The van der Waals surface area contributed by atoms with Crippen LogP contribution in [-0.2, 0) is 22.8 Å². The third-order valence-corrected chi connectivity index (χ3v) is 4.69. The summed E-state index contributed by atoms with van der Waals surface area (Å²) < 4.78 is 26.1. The van der Waals surface area contributed by atoms with Gasteiger partial charge in [0.2, 0.25) is 0 Å². The van der Waals surface area contributed by atoms with Gasteiger partial charge < -0.3 is 4.57 Å². The van der Waals surface area contributed by atoms with E-state index in [9.17, 15) is 8.42 Å². The molecule has 6 nitrogen and oxygen atoms in total. The van der Waals surface area contributed by atoms with Gasteiger partial charge in [0.1, 0.15) is 5.82 Å². The lowest BCUT2D eigenvalue weighted by molar-refractivity contribution is 0.587. The first-order valence-electron chi connectivity index (χ1n) is 6.16. The summed E-state index contributed by atoms with van der Waals surface area (Å²) in [5.41, 5.74) is 0.417. The Morgan fingerprint density at radius 1 is 1.19 bits per heavy atom. The van der Waals surface area contributed by atoms with Gasteiger partial charge in [-0.3, -0.25) is 0 Å². The molecule has 0 fully saturated rings. The molecule has 21 heavy (non-hydrogen) atoms. The molecule has 0 aliphatic heterocycles. The molecule has 0 aliphatic rings. The molecule has 0 saturated carbocycles. The van der Waals surface area contributed by atoms with Gasteiger partial charge in [-0.15, -0.1) is 0 Å². The van der Waals surface area contributed by atoms with Crippen LogP contribution < -0.4 is 0 Å². The lowest BCUT2D eigenvalue weighted by Gasteiger charge is -2.07. The van der Waals surface area contributed by atoms with E-state index in [0.29, 0.717) is 11.4 Å². The lowest BCUT2D eigenvalue weighted by atomic mass is 10.2. The van der Waals surface area contributed by atoms with Crippen molar-refractivity contribution in [3.05, 3.63) is 48.0 Å². The molecule has 0 amide bonds. The van der Waals surface area contributed by atoms with E-state index >= 15 is 0 Å². The number of imidazole rings is 1. The molecule has 0 spiro atoms. The van der Waals surface area contributed by atoms with Crippen LogP contribution in [0.2, 0.25) is 0 Å². The number of sulfone groups is 1. The topological polar surface area (TPSA) is 99.5 Å². The molecule has 7 heteroatoms. The molecule has 0 aliphatic carbocycles. The Kier molecular flexibility index (Phi) is 4.36. The van der Waals surface area contributed by atoms with Gasteiger partial charge in [0.15, 0.2) is 9.84 Å². The van der Waals surface area contributed by atoms with Crippen LogP contribution in [0.1, 0.15) is 11.4 Å². The van der Waals surface area contributed by atoms with E-state index in [-0.39, 0.29) is 23.6 Å². The van der Waals surface area contributed by atoms with Crippen molar-refractivity contribution in [1.82, 2.24) is 9.55 Å². The van der Waals surface area contributed by atoms with Crippen molar-refractivity contribution in [3.8, 4) is 12.1 Å². The molecular formula is C14H12N4O2S. The molecule has 2 rings (SSSR count). The minimum atomic E-state index is -3.43. The van der Waals surface area contributed by atoms with Gasteiger partial charge in [0.05, 0.1) is 34.8 Å². The summed E-state index contributed by atoms with van der Waals surface area (Å²) in [5.74, 6) is 0.459. The zero-order valence-corrected chi connectivity index (χ0v) is 11.9. The normalized spacial score (nSPS) is 10.8. The Labute approximate surface area is 122 Å². The van der Waals surface area contributed by atoms with Crippen molar-refractivity contribution in [2.45, 2.75) is 17.9 Å². The van der Waals surface area contributed by atoms with Gasteiger partial charge in [-0.1, -0.05) is 0 Å². The Morgan fingerprint density at radius 2 is 1.90 bits per heavy atom. The van der Waals surface area contributed by atoms with Crippen molar-refractivity contribution >= 4 is 9.84 Å². The molecule has 1 aromatic heterocycles. The Hall–Kier alpha value is -2.64. The van der Waals surface area contributed by atoms with Crippen molar-refractivity contribution in [2.24, 2.45) is 0 Å². The zero-order chi connectivity index (χ0) is 15.3. The molecular weight excluding hydrogens is 288 g/mol. The van der Waals surface area contributed by atoms with E-state index in [1.54, 1.807) is 17.0 Å². The van der Waals surface area contributed by atoms with Gasteiger partial charge in [0, 0.05) is 18.9 Å². The summed E-state index contributed by atoms with van der Waals surface area (Å²) >= 11 is 0. The number of hydrogen-bond acceptors (Lipinski definition) is 5. The summed E-state index contributed by atoms with van der Waals surface area (Å²) in [6.45, 7) is 0.235. The average molecular weight is 300 g/mol. The highest BCUT2D eigenvalue weighted by molar-refractivity contribution is 7.91. The summed E-state index contributed by atoms with van der Waals surface area (Å²) in [6.07, 6.45) is 3.34. The summed E-state index contributed by atoms with van der Waals surface area (Å²) in [5, 5.41) is 17.4. The summed E-state index contributed by atoms with van der Waals surface area (Å²) in [4.78, 5) is 4.20. The number of benzene rings is 1. The first-order chi connectivity index (χ1) is 10.1. The van der Waals surface area contributed by atoms with Gasteiger partial charge >= 0.3 is 0 Å². The first kappa shape index (κ1) is 14.8. The van der Waals surface area contributed by atoms with Crippen LogP contribution in [0.15, 0.2) is 41.6 Å². The smallest absolute Gasteiger partial charge is 0.180 e. The second kappa shape index (κ2) is 6.21. The highest BCUT2D eigenvalue weighted by Crippen LogP contribution is 2.13. The van der Waals surface area contributed by atoms with Crippen molar-refractivity contribution in [3.63, 3.8) is 0 Å². The average Bonchev–Trinajstić information content (AvgIpc) is 2.93. The predicted molar refractivity (Wildman–Crippen MR) is 74.8 cm³/mol. The molecule has 1 aromatic carbocycles. The number of aromatic nitrogens is 2. The van der Waals surface area contributed by atoms with Gasteiger partial charge in [-0.25, -0.2) is 13.4 Å². The molecule has 106 valence electrons. The lowest BCUT2D eigenvalue weighted by Crippen LogP contribution is -2.14. The van der Waals surface area contributed by atoms with Crippen LogP contribution in [0.3, 0.4) is 0 Å². The highest BCUT2D eigenvalue weighted by atomic mass is 32.2. The number of nitriles is 2. The fraction of sp³-hybridized carbons (Fsp3) is 0.214. The van der Waals surface area contributed by atoms with Crippen LogP contribution >= 0.6 is 0 Å². The number of aryl methyl sites for hydroxylation is 1. The fourth-order valence-electron chi connectivity index (χ4n) is 1.85. The number of rotatable bonds is 5. The highest BCUT2D eigenvalue weighted by Gasteiger charge is 2.15. The molecule has 0 bridgehead atoms. The van der Waals surface area contributed by atoms with Crippen LogP contribution in [0.5, 0.6) is 0 Å². The standard InChI is InChI=1S/C14H12N4O2S/c15-6-5-14-17-7-8-18(14)9-10-21(19,20)13-3-1-12(11-16)2-4-13/h1-4,7-8H,5,9-10H2. The second-order valence-corrected chi connectivity index (χ2v) is 6.44. The molecule has 0 N–H and O–H groups in total. The SMILES string of the molecule is N#CCc1nccn1CCS(=O)(=O)c1ccc(C#N)cc1. The van der Waals surface area contributed by atoms with Gasteiger partial charge in [-0.2, -0.15) is 10.5 Å². The third-order valence-electron chi connectivity index (χ3n) is 2.98. The third kappa shape index (κ3) is 3.47. The second-order valence-electron chi connectivity index (χ2n) is 4.33. The number of nitrogens with zero attached hydrogens (tertiary/aromatic N) is 4. The Bertz CT molecular complexity index is 808. The largest absolute Gasteiger partial charge is 0.333 e. The van der Waals surface area contributed by atoms with E-state index < -0.39 is 9.84 Å². The zero-order valence-electron chi connectivity index (χ0n) is 11.1. The van der Waals surface area contributed by atoms with E-state index in [0.717, 1.165) is 0 Å². The van der Waals surface area contributed by atoms with Gasteiger partial charge in [0.25, 0.3) is 0 Å². The Morgan fingerprint density at radius 3 is 2.52 bits per heavy atom. The first-order valence-corrected chi connectivity index (χ1v) is 7.82. The monoisotopic (exact) mass is 300 g/mol. The maximum Gasteiger partial charge on any atom is 0.180 e. The van der Waals surface area contributed by atoms with Crippen LogP contribution in [0.4, 0.5) is 0 Å². The Balaban J connectivity index is 2.12. The minimum Gasteiger partial charge on any atom is -0.333 e. The van der Waals surface area contributed by atoms with Crippen molar-refractivity contribution in [2.75, 3.05) is 5.75 Å². The maximum atomic E-state index is 12.2. The predicted octanol–water partition coefficient (Wildman–Crippen LogP) is 1.29. The van der Waals surface area contributed by atoms with Crippen LogP contribution in [0.25, 0.3) is 0 Å². The van der Waals surface area contributed by atoms with E-state index in [1.807, 2.05) is 12.1 Å². The van der Waals surface area contributed by atoms with Crippen molar-refractivity contribution < 1.29 is 8.42 Å². The molecule has 1 heterocycles. The van der Waals surface area contributed by atoms with Gasteiger partial charge in [-0.05, 0) is 24.3 Å². The minimum absolute atomic E-state index is 0.0896. The molecule has 2 aromatic rings. The fourth-order valence-corrected chi connectivity index (χ4v) is 3.08. The molecule has 0 atom stereocenters. The molecule has 0 unspecified atom stereocenters. The number of hydrogen-bond donors (Lipinski definition) is 0. The quantitative estimate of drug-likeness (QED) is 0.828. The van der Waals surface area contributed by atoms with Crippen LogP contribution in [0, 0.1) is 22.7 Å². The van der Waals surface area contributed by atoms with E-state index in [4.69, 9.17) is 10.5 Å². The molecule has 0 radical (unpaired) electrons.